The van der Waals surface area contributed by atoms with Crippen molar-refractivity contribution in [1.82, 2.24) is 10.2 Å². The van der Waals surface area contributed by atoms with E-state index in [1.54, 1.807) is 19.1 Å². The third kappa shape index (κ3) is 3.34. The average Bonchev–Trinajstić information content (AvgIpc) is 3.23. The van der Waals surface area contributed by atoms with Crippen LogP contribution in [0.15, 0.2) is 41.0 Å². The Bertz CT molecular complexity index is 872. The van der Waals surface area contributed by atoms with Gasteiger partial charge < -0.3 is 14.5 Å². The first-order chi connectivity index (χ1) is 12.5. The molecular formula is C18H16N2O6. The summed E-state index contributed by atoms with van der Waals surface area (Å²) in [7, 11) is 0. The molecule has 1 aliphatic rings. The lowest BCUT2D eigenvalue weighted by Crippen LogP contribution is -2.29. The number of amides is 3. The highest BCUT2D eigenvalue weighted by Gasteiger charge is 2.36. The van der Waals surface area contributed by atoms with E-state index in [0.717, 1.165) is 4.90 Å². The van der Waals surface area contributed by atoms with Crippen LogP contribution < -0.4 is 5.32 Å². The van der Waals surface area contributed by atoms with Gasteiger partial charge in [0.1, 0.15) is 5.76 Å². The van der Waals surface area contributed by atoms with E-state index in [1.165, 1.54) is 24.5 Å². The van der Waals surface area contributed by atoms with Crippen LogP contribution in [-0.4, -0.2) is 41.7 Å². The Kier molecular flexibility index (Phi) is 4.83. The van der Waals surface area contributed by atoms with E-state index in [1.807, 2.05) is 0 Å². The van der Waals surface area contributed by atoms with Crippen LogP contribution in [0.5, 0.6) is 0 Å². The average molecular weight is 356 g/mol. The second-order valence-electron chi connectivity index (χ2n) is 5.57. The van der Waals surface area contributed by atoms with E-state index >= 15 is 0 Å². The molecule has 8 heteroatoms. The highest BCUT2D eigenvalue weighted by atomic mass is 16.5. The highest BCUT2D eigenvalue weighted by molar-refractivity contribution is 6.21. The molecule has 0 saturated heterocycles. The molecule has 1 aromatic heterocycles. The van der Waals surface area contributed by atoms with Crippen molar-refractivity contribution in [1.29, 1.82) is 0 Å². The SMILES string of the molecule is CCNC(=O)COC(=O)c1ccc2c(c1)C(=O)N(Cc1ccco1)C2=O. The zero-order valence-electron chi connectivity index (χ0n) is 14.0. The number of ether oxygens (including phenoxy) is 1. The monoisotopic (exact) mass is 356 g/mol. The molecule has 2 aromatic rings. The molecule has 2 heterocycles. The first-order valence-corrected chi connectivity index (χ1v) is 7.97. The molecule has 134 valence electrons. The molecule has 8 nitrogen and oxygen atoms in total. The van der Waals surface area contributed by atoms with Gasteiger partial charge in [-0.1, -0.05) is 0 Å². The molecule has 0 radical (unpaired) electrons. The van der Waals surface area contributed by atoms with Crippen LogP contribution in [0.3, 0.4) is 0 Å². The van der Waals surface area contributed by atoms with Gasteiger partial charge in [0.15, 0.2) is 6.61 Å². The van der Waals surface area contributed by atoms with Crippen molar-refractivity contribution in [2.24, 2.45) is 0 Å². The fraction of sp³-hybridized carbons (Fsp3) is 0.222. The van der Waals surface area contributed by atoms with E-state index in [9.17, 15) is 19.2 Å². The quantitative estimate of drug-likeness (QED) is 0.619. The van der Waals surface area contributed by atoms with Crippen molar-refractivity contribution >= 4 is 23.7 Å². The number of imide groups is 1. The Morgan fingerprint density at radius 3 is 2.62 bits per heavy atom. The predicted molar refractivity (Wildman–Crippen MR) is 88.3 cm³/mol. The van der Waals surface area contributed by atoms with E-state index in [4.69, 9.17) is 9.15 Å². The summed E-state index contributed by atoms with van der Waals surface area (Å²) in [6.45, 7) is 1.77. The third-order valence-electron chi connectivity index (χ3n) is 3.81. The van der Waals surface area contributed by atoms with Crippen molar-refractivity contribution in [3.63, 3.8) is 0 Å². The molecule has 1 aromatic carbocycles. The number of hydrogen-bond donors (Lipinski definition) is 1. The summed E-state index contributed by atoms with van der Waals surface area (Å²) in [4.78, 5) is 49.4. The van der Waals surface area contributed by atoms with Gasteiger partial charge in [-0.05, 0) is 37.3 Å². The summed E-state index contributed by atoms with van der Waals surface area (Å²) in [5.41, 5.74) is 0.421. The number of carbonyl (C=O) groups is 4. The van der Waals surface area contributed by atoms with Crippen LogP contribution >= 0.6 is 0 Å². The smallest absolute Gasteiger partial charge is 0.338 e. The van der Waals surface area contributed by atoms with Crippen LogP contribution in [-0.2, 0) is 16.1 Å². The predicted octanol–water partition coefficient (Wildman–Crippen LogP) is 1.37. The molecule has 0 bridgehead atoms. The Morgan fingerprint density at radius 1 is 1.15 bits per heavy atom. The molecule has 0 fully saturated rings. The van der Waals surface area contributed by atoms with Gasteiger partial charge in [-0.25, -0.2) is 4.79 Å². The summed E-state index contributed by atoms with van der Waals surface area (Å²) in [5.74, 6) is -1.66. The van der Waals surface area contributed by atoms with Crippen molar-refractivity contribution in [3.05, 3.63) is 59.0 Å². The molecule has 1 aliphatic heterocycles. The Labute approximate surface area is 148 Å². The molecule has 3 amide bonds. The number of rotatable bonds is 6. The number of furan rings is 1. The zero-order chi connectivity index (χ0) is 18.7. The first kappa shape index (κ1) is 17.4. The van der Waals surface area contributed by atoms with Crippen molar-refractivity contribution < 1.29 is 28.3 Å². The summed E-state index contributed by atoms with van der Waals surface area (Å²) in [6.07, 6.45) is 1.45. The molecule has 1 N–H and O–H groups in total. The van der Waals surface area contributed by atoms with E-state index in [0.29, 0.717) is 12.3 Å². The van der Waals surface area contributed by atoms with Crippen LogP contribution in [0.4, 0.5) is 0 Å². The summed E-state index contributed by atoms with van der Waals surface area (Å²) >= 11 is 0. The van der Waals surface area contributed by atoms with Crippen molar-refractivity contribution in [2.75, 3.05) is 13.2 Å². The maximum Gasteiger partial charge on any atom is 0.338 e. The fourth-order valence-electron chi connectivity index (χ4n) is 2.58. The number of benzene rings is 1. The van der Waals surface area contributed by atoms with Crippen molar-refractivity contribution in [2.45, 2.75) is 13.5 Å². The lowest BCUT2D eigenvalue weighted by Gasteiger charge is -2.11. The van der Waals surface area contributed by atoms with Gasteiger partial charge in [-0.2, -0.15) is 0 Å². The standard InChI is InChI=1S/C18H16N2O6/c1-2-19-15(21)10-26-18(24)11-5-6-13-14(8-11)17(23)20(16(13)22)9-12-4-3-7-25-12/h3-8H,2,9-10H2,1H3,(H,19,21). The van der Waals surface area contributed by atoms with Gasteiger partial charge in [0, 0.05) is 6.54 Å². The summed E-state index contributed by atoms with van der Waals surface area (Å²) in [5, 5.41) is 2.50. The lowest BCUT2D eigenvalue weighted by molar-refractivity contribution is -0.124. The Morgan fingerprint density at radius 2 is 1.92 bits per heavy atom. The van der Waals surface area contributed by atoms with Crippen molar-refractivity contribution in [3.8, 4) is 0 Å². The summed E-state index contributed by atoms with van der Waals surface area (Å²) in [6, 6.07) is 7.42. The number of esters is 1. The normalized spacial score (nSPS) is 12.9. The largest absolute Gasteiger partial charge is 0.467 e. The maximum absolute atomic E-state index is 12.5. The number of likely N-dealkylation sites (N-methyl/N-ethyl adjacent to an activating group) is 1. The maximum atomic E-state index is 12.5. The minimum absolute atomic E-state index is 0.0102. The minimum atomic E-state index is -0.746. The van der Waals surface area contributed by atoms with E-state index < -0.39 is 30.3 Å². The number of nitrogens with zero attached hydrogens (tertiary/aromatic N) is 1. The van der Waals surface area contributed by atoms with Gasteiger partial charge >= 0.3 is 5.97 Å². The number of hydrogen-bond acceptors (Lipinski definition) is 6. The zero-order valence-corrected chi connectivity index (χ0v) is 14.0. The molecule has 0 spiro atoms. The van der Waals surface area contributed by atoms with Crippen LogP contribution in [0.2, 0.25) is 0 Å². The third-order valence-corrected chi connectivity index (χ3v) is 3.81. The number of fused-ring (bicyclic) bond motifs is 1. The molecular weight excluding hydrogens is 340 g/mol. The number of nitrogens with one attached hydrogen (secondary N) is 1. The molecule has 3 rings (SSSR count). The van der Waals surface area contributed by atoms with Gasteiger partial charge in [0.2, 0.25) is 0 Å². The Hall–Kier alpha value is -3.42. The van der Waals surface area contributed by atoms with Gasteiger partial charge in [-0.3, -0.25) is 19.3 Å². The number of carbonyl (C=O) groups excluding carboxylic acids is 4. The molecule has 0 aliphatic carbocycles. The second-order valence-corrected chi connectivity index (χ2v) is 5.57. The van der Waals surface area contributed by atoms with Gasteiger partial charge in [-0.15, -0.1) is 0 Å². The lowest BCUT2D eigenvalue weighted by atomic mass is 10.1. The van der Waals surface area contributed by atoms with Gasteiger partial charge in [0.25, 0.3) is 17.7 Å². The highest BCUT2D eigenvalue weighted by Crippen LogP contribution is 2.26. The second kappa shape index (κ2) is 7.22. The first-order valence-electron chi connectivity index (χ1n) is 7.97. The van der Waals surface area contributed by atoms with Crippen LogP contribution in [0.1, 0.15) is 43.8 Å². The van der Waals surface area contributed by atoms with E-state index in [-0.39, 0.29) is 23.2 Å². The van der Waals surface area contributed by atoms with Gasteiger partial charge in [0.05, 0.1) is 29.5 Å². The topological polar surface area (TPSA) is 106 Å². The van der Waals surface area contributed by atoms with Crippen LogP contribution in [0.25, 0.3) is 0 Å². The fourth-order valence-corrected chi connectivity index (χ4v) is 2.58. The minimum Gasteiger partial charge on any atom is -0.467 e. The van der Waals surface area contributed by atoms with Crippen LogP contribution in [0, 0.1) is 0 Å². The molecule has 0 saturated carbocycles. The Balaban J connectivity index is 1.74. The molecule has 0 atom stereocenters. The summed E-state index contributed by atoms with van der Waals surface area (Å²) < 4.78 is 10.1. The van der Waals surface area contributed by atoms with E-state index in [2.05, 4.69) is 5.32 Å². The molecule has 26 heavy (non-hydrogen) atoms. The molecule has 0 unspecified atom stereocenters.